The minimum atomic E-state index is 0.533. The van der Waals surface area contributed by atoms with E-state index in [-0.39, 0.29) is 0 Å². The molecule has 0 aromatic carbocycles. The van der Waals surface area contributed by atoms with Gasteiger partial charge in [-0.15, -0.1) is 0 Å². The fraction of sp³-hybridized carbons (Fsp3) is 0.333. The van der Waals surface area contributed by atoms with Crippen LogP contribution in [0.1, 0.15) is 43.4 Å². The lowest BCUT2D eigenvalue weighted by molar-refractivity contribution is 0.547. The summed E-state index contributed by atoms with van der Waals surface area (Å²) in [5.41, 5.74) is 4.35. The lowest BCUT2D eigenvalue weighted by Crippen LogP contribution is -2.09. The van der Waals surface area contributed by atoms with Crippen molar-refractivity contribution in [2.75, 3.05) is 0 Å². The second-order valence-electron chi connectivity index (χ2n) is 4.57. The average molecular weight is 212 g/mol. The quantitative estimate of drug-likeness (QED) is 0.706. The Balaban J connectivity index is 1.97. The summed E-state index contributed by atoms with van der Waals surface area (Å²) >= 11 is 0. The molecule has 0 unspecified atom stereocenters. The van der Waals surface area contributed by atoms with E-state index in [1.807, 2.05) is 0 Å². The summed E-state index contributed by atoms with van der Waals surface area (Å²) in [5, 5.41) is 0. The Labute approximate surface area is 96.2 Å². The molecule has 1 aromatic rings. The van der Waals surface area contributed by atoms with Crippen LogP contribution in [-0.2, 0) is 0 Å². The monoisotopic (exact) mass is 212 g/mol. The van der Waals surface area contributed by atoms with Gasteiger partial charge in [0, 0.05) is 11.5 Å². The maximum absolute atomic E-state index is 5.47. The summed E-state index contributed by atoms with van der Waals surface area (Å²) < 4.78 is 5.47. The molecule has 0 saturated heterocycles. The number of fused-ring (bicyclic) bond motifs is 3. The summed E-state index contributed by atoms with van der Waals surface area (Å²) in [4.78, 5) is 0. The van der Waals surface area contributed by atoms with Gasteiger partial charge in [0.2, 0.25) is 0 Å². The maximum Gasteiger partial charge on any atom is 0.130 e. The highest BCUT2D eigenvalue weighted by Gasteiger charge is 2.25. The molecule has 0 N–H and O–H groups in total. The van der Waals surface area contributed by atoms with Crippen LogP contribution in [0, 0.1) is 0 Å². The topological polar surface area (TPSA) is 13.1 Å². The summed E-state index contributed by atoms with van der Waals surface area (Å²) in [6, 6.07) is 2.12. The van der Waals surface area contributed by atoms with Crippen molar-refractivity contribution in [3.05, 3.63) is 53.0 Å². The molecule has 1 heteroatoms. The lowest BCUT2D eigenvalue weighted by atomic mass is 9.78. The molecule has 0 bridgehead atoms. The molecule has 16 heavy (non-hydrogen) atoms. The van der Waals surface area contributed by atoms with Crippen molar-refractivity contribution in [2.45, 2.75) is 32.1 Å². The predicted molar refractivity (Wildman–Crippen MR) is 66.2 cm³/mol. The van der Waals surface area contributed by atoms with Gasteiger partial charge in [0.15, 0.2) is 0 Å². The van der Waals surface area contributed by atoms with Gasteiger partial charge < -0.3 is 4.42 Å². The van der Waals surface area contributed by atoms with Crippen LogP contribution >= 0.6 is 0 Å². The van der Waals surface area contributed by atoms with Crippen LogP contribution in [0.2, 0.25) is 0 Å². The SMILES string of the molecule is CCCC1=CC=C2C=Cc3occc3[C@H]2C1. The molecule has 3 rings (SSSR count). The standard InChI is InChI=1S/C15H16O/c1-2-3-11-4-5-12-6-7-15-13(8-9-16-15)14(12)10-11/h4-9,14H,2-3,10H2,1H3/t14-/m0/s1. The summed E-state index contributed by atoms with van der Waals surface area (Å²) in [6.07, 6.45) is 14.3. The van der Waals surface area contributed by atoms with Gasteiger partial charge in [-0.05, 0) is 30.6 Å². The molecular formula is C15H16O. The molecular weight excluding hydrogens is 196 g/mol. The minimum Gasteiger partial charge on any atom is -0.465 e. The first-order valence-electron chi connectivity index (χ1n) is 6.03. The highest BCUT2D eigenvalue weighted by atomic mass is 16.3. The molecule has 0 spiro atoms. The van der Waals surface area contributed by atoms with Crippen LogP contribution < -0.4 is 0 Å². The van der Waals surface area contributed by atoms with Gasteiger partial charge in [-0.2, -0.15) is 0 Å². The van der Waals surface area contributed by atoms with E-state index in [9.17, 15) is 0 Å². The second-order valence-corrected chi connectivity index (χ2v) is 4.57. The summed E-state index contributed by atoms with van der Waals surface area (Å²) in [7, 11) is 0. The largest absolute Gasteiger partial charge is 0.465 e. The van der Waals surface area contributed by atoms with Crippen LogP contribution in [0.3, 0.4) is 0 Å². The Morgan fingerprint density at radius 3 is 3.12 bits per heavy atom. The Morgan fingerprint density at radius 2 is 2.25 bits per heavy atom. The van der Waals surface area contributed by atoms with E-state index in [1.54, 1.807) is 11.8 Å². The normalized spacial score (nSPS) is 22.2. The van der Waals surface area contributed by atoms with Crippen molar-refractivity contribution in [3.63, 3.8) is 0 Å². The van der Waals surface area contributed by atoms with Gasteiger partial charge in [0.25, 0.3) is 0 Å². The average Bonchev–Trinajstić information content (AvgIpc) is 2.78. The van der Waals surface area contributed by atoms with Crippen LogP contribution in [0.15, 0.2) is 46.1 Å². The number of hydrogen-bond donors (Lipinski definition) is 0. The van der Waals surface area contributed by atoms with E-state index in [4.69, 9.17) is 4.42 Å². The van der Waals surface area contributed by atoms with Crippen molar-refractivity contribution in [2.24, 2.45) is 0 Å². The third-order valence-electron chi connectivity index (χ3n) is 3.48. The van der Waals surface area contributed by atoms with E-state index in [0.29, 0.717) is 5.92 Å². The zero-order valence-electron chi connectivity index (χ0n) is 9.57. The molecule has 1 heterocycles. The van der Waals surface area contributed by atoms with E-state index < -0.39 is 0 Å². The molecule has 2 aliphatic carbocycles. The highest BCUT2D eigenvalue weighted by Crippen LogP contribution is 2.41. The summed E-state index contributed by atoms with van der Waals surface area (Å²) in [5.74, 6) is 1.57. The summed E-state index contributed by atoms with van der Waals surface area (Å²) in [6.45, 7) is 2.24. The molecule has 0 amide bonds. The van der Waals surface area contributed by atoms with E-state index in [0.717, 1.165) is 12.2 Å². The molecule has 0 fully saturated rings. The molecule has 2 aliphatic rings. The zero-order chi connectivity index (χ0) is 11.0. The van der Waals surface area contributed by atoms with Gasteiger partial charge in [0.1, 0.15) is 5.76 Å². The fourth-order valence-electron chi connectivity index (χ4n) is 2.67. The minimum absolute atomic E-state index is 0.533. The predicted octanol–water partition coefficient (Wildman–Crippen LogP) is 4.45. The third kappa shape index (κ3) is 1.47. The van der Waals surface area contributed by atoms with Gasteiger partial charge in [-0.3, -0.25) is 0 Å². The number of allylic oxidation sites excluding steroid dienone is 5. The smallest absolute Gasteiger partial charge is 0.130 e. The van der Waals surface area contributed by atoms with Crippen LogP contribution in [0.25, 0.3) is 6.08 Å². The molecule has 1 nitrogen and oxygen atoms in total. The van der Waals surface area contributed by atoms with Crippen LogP contribution in [0.4, 0.5) is 0 Å². The molecule has 0 aliphatic heterocycles. The number of rotatable bonds is 2. The number of hydrogen-bond acceptors (Lipinski definition) is 1. The van der Waals surface area contributed by atoms with E-state index >= 15 is 0 Å². The molecule has 82 valence electrons. The first-order valence-corrected chi connectivity index (χ1v) is 6.03. The Kier molecular flexibility index (Phi) is 2.32. The van der Waals surface area contributed by atoms with Crippen LogP contribution in [0.5, 0.6) is 0 Å². The maximum atomic E-state index is 5.47. The van der Waals surface area contributed by atoms with Gasteiger partial charge in [-0.25, -0.2) is 0 Å². The molecule has 1 aromatic heterocycles. The van der Waals surface area contributed by atoms with Crippen molar-refractivity contribution in [1.82, 2.24) is 0 Å². The first-order chi connectivity index (χ1) is 7.88. The van der Waals surface area contributed by atoms with Gasteiger partial charge in [-0.1, -0.05) is 37.1 Å². The second kappa shape index (κ2) is 3.82. The first kappa shape index (κ1) is 9.71. The van der Waals surface area contributed by atoms with Gasteiger partial charge in [0.05, 0.1) is 6.26 Å². The van der Waals surface area contributed by atoms with Crippen molar-refractivity contribution >= 4 is 6.08 Å². The van der Waals surface area contributed by atoms with Crippen molar-refractivity contribution in [1.29, 1.82) is 0 Å². The zero-order valence-corrected chi connectivity index (χ0v) is 9.57. The lowest BCUT2D eigenvalue weighted by Gasteiger charge is -2.25. The van der Waals surface area contributed by atoms with Crippen LogP contribution in [-0.4, -0.2) is 0 Å². The Morgan fingerprint density at radius 1 is 1.31 bits per heavy atom. The number of furan rings is 1. The van der Waals surface area contributed by atoms with Gasteiger partial charge >= 0.3 is 0 Å². The molecule has 0 radical (unpaired) electrons. The fourth-order valence-corrected chi connectivity index (χ4v) is 2.67. The van der Waals surface area contributed by atoms with E-state index in [1.165, 1.54) is 24.0 Å². The Bertz CT molecular complexity index is 485. The Hall–Kier alpha value is -1.50. The van der Waals surface area contributed by atoms with Crippen molar-refractivity contribution in [3.8, 4) is 0 Å². The van der Waals surface area contributed by atoms with Crippen molar-refractivity contribution < 1.29 is 4.42 Å². The molecule has 1 atom stereocenters. The molecule has 0 saturated carbocycles. The third-order valence-corrected chi connectivity index (χ3v) is 3.48. The highest BCUT2D eigenvalue weighted by molar-refractivity contribution is 5.62. The van der Waals surface area contributed by atoms with E-state index in [2.05, 4.69) is 37.3 Å².